The highest BCUT2D eigenvalue weighted by Gasteiger charge is 2.33. The summed E-state index contributed by atoms with van der Waals surface area (Å²) in [6, 6.07) is 12.0. The summed E-state index contributed by atoms with van der Waals surface area (Å²) in [5.41, 5.74) is 4.98. The molecule has 0 atom stereocenters. The monoisotopic (exact) mass is 516 g/mol. The molecule has 35 heavy (non-hydrogen) atoms. The highest BCUT2D eigenvalue weighted by Crippen LogP contribution is 2.45. The molecule has 0 aliphatic heterocycles. The number of rotatable bonds is 9. The van der Waals surface area contributed by atoms with Gasteiger partial charge in [0.1, 0.15) is 6.73 Å². The molecule has 7 nitrogen and oxygen atoms in total. The summed E-state index contributed by atoms with van der Waals surface area (Å²) in [4.78, 5) is 12.9. The highest BCUT2D eigenvalue weighted by molar-refractivity contribution is 7.85. The lowest BCUT2D eigenvalue weighted by atomic mass is 9.68. The van der Waals surface area contributed by atoms with Crippen molar-refractivity contribution in [3.63, 3.8) is 0 Å². The van der Waals surface area contributed by atoms with Gasteiger partial charge in [0.2, 0.25) is 0 Å². The second kappa shape index (κ2) is 9.69. The van der Waals surface area contributed by atoms with Crippen molar-refractivity contribution in [1.29, 1.82) is 0 Å². The zero-order valence-electron chi connectivity index (χ0n) is 21.2. The normalized spacial score (nSPS) is 18.7. The van der Waals surface area contributed by atoms with Crippen LogP contribution in [0.3, 0.4) is 0 Å². The van der Waals surface area contributed by atoms with Crippen LogP contribution in [0.25, 0.3) is 11.0 Å². The third kappa shape index (κ3) is 5.63. The van der Waals surface area contributed by atoms with Gasteiger partial charge >= 0.3 is 5.69 Å². The second-order valence-electron chi connectivity index (χ2n) is 11.1. The van der Waals surface area contributed by atoms with Crippen molar-refractivity contribution in [1.82, 2.24) is 9.13 Å². The second-order valence-corrected chi connectivity index (χ2v) is 18.2. The summed E-state index contributed by atoms with van der Waals surface area (Å²) in [5, 5.41) is 0. The average Bonchev–Trinajstić information content (AvgIpc) is 2.98. The number of aryl methyl sites for hydroxylation is 2. The maximum absolute atomic E-state index is 13.0. The maximum Gasteiger partial charge on any atom is 0.330 e. The van der Waals surface area contributed by atoms with E-state index in [1.54, 1.807) is 21.3 Å². The molecule has 0 saturated heterocycles. The molecule has 0 amide bonds. The first kappa shape index (κ1) is 25.9. The Morgan fingerprint density at radius 3 is 2.51 bits per heavy atom. The van der Waals surface area contributed by atoms with E-state index in [0.717, 1.165) is 47.5 Å². The van der Waals surface area contributed by atoms with Gasteiger partial charge in [-0.15, -0.1) is 0 Å². The van der Waals surface area contributed by atoms with Crippen molar-refractivity contribution in [2.24, 2.45) is 13.0 Å². The number of hydrogen-bond acceptors (Lipinski definition) is 4. The number of hydrogen-bond donors (Lipinski definition) is 1. The van der Waals surface area contributed by atoms with Crippen molar-refractivity contribution in [2.45, 2.75) is 69.4 Å². The number of nitrogens with zero attached hydrogens (tertiary/aromatic N) is 2. The van der Waals surface area contributed by atoms with E-state index in [1.807, 2.05) is 26.1 Å². The average molecular weight is 517 g/mol. The maximum atomic E-state index is 13.0. The van der Waals surface area contributed by atoms with E-state index in [4.69, 9.17) is 4.74 Å². The van der Waals surface area contributed by atoms with Crippen molar-refractivity contribution in [2.75, 3.05) is 6.61 Å². The van der Waals surface area contributed by atoms with Gasteiger partial charge in [-0.2, -0.15) is 8.42 Å². The molecule has 0 spiro atoms. The fraction of sp³-hybridized carbons (Fsp3) is 0.500. The van der Waals surface area contributed by atoms with Crippen LogP contribution >= 0.6 is 0 Å². The quantitative estimate of drug-likeness (QED) is 0.247. The summed E-state index contributed by atoms with van der Waals surface area (Å²) >= 11 is 0. The molecular weight excluding hydrogens is 480 g/mol. The van der Waals surface area contributed by atoms with E-state index >= 15 is 0 Å². The van der Waals surface area contributed by atoms with Gasteiger partial charge in [0.05, 0.1) is 15.9 Å². The molecular formula is C26H36N2O5SSi. The minimum atomic E-state index is -4.21. The molecule has 1 saturated carbocycles. The fourth-order valence-electron chi connectivity index (χ4n) is 5.00. The molecule has 9 heteroatoms. The van der Waals surface area contributed by atoms with Gasteiger partial charge in [0.15, 0.2) is 0 Å². The summed E-state index contributed by atoms with van der Waals surface area (Å²) in [6.07, 6.45) is 2.72. The Morgan fingerprint density at radius 1 is 1.14 bits per heavy atom. The van der Waals surface area contributed by atoms with Crippen LogP contribution in [0.4, 0.5) is 0 Å². The SMILES string of the molecule is Cc1ccc(S(=O)(=O)O)cc1CC1CC(c2cccc3c2n(C)c(=O)n3COCC[Si](C)(C)C)C1. The van der Waals surface area contributed by atoms with Crippen molar-refractivity contribution in [3.05, 3.63) is 63.6 Å². The Morgan fingerprint density at radius 2 is 1.86 bits per heavy atom. The topological polar surface area (TPSA) is 90.5 Å². The van der Waals surface area contributed by atoms with Crippen LogP contribution in [-0.2, 0) is 35.1 Å². The predicted molar refractivity (Wildman–Crippen MR) is 141 cm³/mol. The summed E-state index contributed by atoms with van der Waals surface area (Å²) < 4.78 is 41.8. The smallest absolute Gasteiger partial charge is 0.330 e. The van der Waals surface area contributed by atoms with Crippen LogP contribution in [0.15, 0.2) is 46.1 Å². The van der Waals surface area contributed by atoms with E-state index in [9.17, 15) is 17.8 Å². The largest absolute Gasteiger partial charge is 0.361 e. The van der Waals surface area contributed by atoms with E-state index in [1.165, 1.54) is 11.6 Å². The van der Waals surface area contributed by atoms with Crippen molar-refractivity contribution < 1.29 is 17.7 Å². The molecule has 0 radical (unpaired) electrons. The molecule has 1 aromatic heterocycles. The Kier molecular flexibility index (Phi) is 7.16. The van der Waals surface area contributed by atoms with Gasteiger partial charge < -0.3 is 4.74 Å². The predicted octanol–water partition coefficient (Wildman–Crippen LogP) is 4.94. The fourth-order valence-corrected chi connectivity index (χ4v) is 6.28. The zero-order chi connectivity index (χ0) is 25.5. The number of aromatic nitrogens is 2. The number of fused-ring (bicyclic) bond motifs is 1. The van der Waals surface area contributed by atoms with Crippen LogP contribution in [0.2, 0.25) is 25.7 Å². The highest BCUT2D eigenvalue weighted by atomic mass is 32.2. The summed E-state index contributed by atoms with van der Waals surface area (Å²) in [6.45, 7) is 9.83. The van der Waals surface area contributed by atoms with Crippen LogP contribution < -0.4 is 5.69 Å². The molecule has 190 valence electrons. The van der Waals surface area contributed by atoms with Crippen molar-refractivity contribution in [3.8, 4) is 0 Å². The minimum absolute atomic E-state index is 0.0536. The lowest BCUT2D eigenvalue weighted by molar-refractivity contribution is 0.0873. The molecule has 0 bridgehead atoms. The molecule has 1 heterocycles. The molecule has 1 N–H and O–H groups in total. The van der Waals surface area contributed by atoms with Gasteiger partial charge in [-0.1, -0.05) is 37.8 Å². The zero-order valence-corrected chi connectivity index (χ0v) is 23.1. The first-order valence-electron chi connectivity index (χ1n) is 12.2. The van der Waals surface area contributed by atoms with E-state index in [0.29, 0.717) is 18.4 Å². The number of para-hydroxylation sites is 1. The molecule has 1 aliphatic rings. The molecule has 1 aliphatic carbocycles. The first-order chi connectivity index (χ1) is 16.3. The minimum Gasteiger partial charge on any atom is -0.361 e. The Labute approximate surface area is 208 Å². The van der Waals surface area contributed by atoms with E-state index < -0.39 is 18.2 Å². The Hall–Kier alpha value is -2.20. The van der Waals surface area contributed by atoms with Crippen LogP contribution in [0.5, 0.6) is 0 Å². The van der Waals surface area contributed by atoms with Gasteiger partial charge in [0.25, 0.3) is 10.1 Å². The number of benzene rings is 2. The molecule has 2 aromatic carbocycles. The third-order valence-corrected chi connectivity index (χ3v) is 9.76. The lowest BCUT2D eigenvalue weighted by Gasteiger charge is -2.36. The third-order valence-electron chi connectivity index (χ3n) is 7.21. The first-order valence-corrected chi connectivity index (χ1v) is 17.3. The Bertz CT molecular complexity index is 1400. The van der Waals surface area contributed by atoms with E-state index in [2.05, 4.69) is 25.7 Å². The van der Waals surface area contributed by atoms with Crippen LogP contribution in [0, 0.1) is 12.8 Å². The van der Waals surface area contributed by atoms with Crippen molar-refractivity contribution >= 4 is 29.2 Å². The lowest BCUT2D eigenvalue weighted by Crippen LogP contribution is -2.26. The molecule has 1 fully saturated rings. The van der Waals surface area contributed by atoms with E-state index in [-0.39, 0.29) is 17.3 Å². The van der Waals surface area contributed by atoms with Crippen LogP contribution in [0.1, 0.15) is 35.4 Å². The molecule has 0 unspecified atom stereocenters. The Balaban J connectivity index is 1.49. The summed E-state index contributed by atoms with van der Waals surface area (Å²) in [7, 11) is -3.57. The summed E-state index contributed by atoms with van der Waals surface area (Å²) in [5.74, 6) is 0.776. The number of ether oxygens (including phenoxy) is 1. The standard InChI is InChI=1S/C26H36N2O5SSi/c1-18-9-10-22(34(30,31)32)16-20(18)13-19-14-21(15-19)23-7-6-8-24-25(23)27(2)26(29)28(24)17-33-11-12-35(3,4)5/h6-10,16,19,21H,11-15,17H2,1-5H3,(H,30,31,32). The molecule has 3 aromatic rings. The van der Waals surface area contributed by atoms with Gasteiger partial charge in [-0.3, -0.25) is 13.7 Å². The van der Waals surface area contributed by atoms with Crippen LogP contribution in [-0.4, -0.2) is 36.8 Å². The van der Waals surface area contributed by atoms with Gasteiger partial charge in [0, 0.05) is 21.7 Å². The molecule has 4 rings (SSSR count). The van der Waals surface area contributed by atoms with Gasteiger partial charge in [-0.05, 0) is 79.0 Å². The number of imidazole rings is 1. The van der Waals surface area contributed by atoms with Gasteiger partial charge in [-0.25, -0.2) is 4.79 Å².